The van der Waals surface area contributed by atoms with E-state index in [1.807, 2.05) is 25.1 Å². The normalized spacial score (nSPS) is 17.4. The zero-order valence-corrected chi connectivity index (χ0v) is 12.6. The summed E-state index contributed by atoms with van der Waals surface area (Å²) >= 11 is 0. The maximum absolute atomic E-state index is 12.6. The zero-order valence-electron chi connectivity index (χ0n) is 12.6. The van der Waals surface area contributed by atoms with Gasteiger partial charge in [-0.15, -0.1) is 0 Å². The second kappa shape index (κ2) is 5.95. The van der Waals surface area contributed by atoms with Gasteiger partial charge in [0.25, 0.3) is 0 Å². The molecule has 112 valence electrons. The van der Waals surface area contributed by atoms with E-state index in [1.54, 1.807) is 0 Å². The van der Waals surface area contributed by atoms with E-state index >= 15 is 0 Å². The summed E-state index contributed by atoms with van der Waals surface area (Å²) in [5.41, 5.74) is 2.06. The van der Waals surface area contributed by atoms with E-state index in [0.29, 0.717) is 23.6 Å². The number of para-hydroxylation sites is 1. The number of benzene rings is 1. The topological polar surface area (TPSA) is 49.6 Å². The largest absolute Gasteiger partial charge is 0.440 e. The number of Topliss-reactive ketones (excluding diaryl/α,β-unsaturated/α-hetero) is 1. The second-order valence-electron chi connectivity index (χ2n) is 5.62. The molecule has 1 aromatic heterocycles. The van der Waals surface area contributed by atoms with Gasteiger partial charge >= 0.3 is 0 Å². The van der Waals surface area contributed by atoms with Gasteiger partial charge in [-0.2, -0.15) is 0 Å². The van der Waals surface area contributed by atoms with Crippen LogP contribution in [0.5, 0.6) is 0 Å². The van der Waals surface area contributed by atoms with Crippen LogP contribution in [0.2, 0.25) is 0 Å². The van der Waals surface area contributed by atoms with Crippen LogP contribution in [-0.4, -0.2) is 60.3 Å². The van der Waals surface area contributed by atoms with Crippen molar-refractivity contribution in [3.05, 3.63) is 29.7 Å². The molecule has 0 N–H and O–H groups in total. The molecule has 3 rings (SSSR count). The molecule has 0 saturated carbocycles. The third kappa shape index (κ3) is 2.99. The lowest BCUT2D eigenvalue weighted by molar-refractivity contribution is 0.0877. The average molecular weight is 287 g/mol. The maximum Gasteiger partial charge on any atom is 0.195 e. The molecule has 0 aliphatic carbocycles. The highest BCUT2D eigenvalue weighted by Gasteiger charge is 2.20. The average Bonchev–Trinajstić information content (AvgIpc) is 2.92. The SMILES string of the molecule is CCc1nc2cccc(C(=O)CN3CCN(C)CC3)c2o1. The van der Waals surface area contributed by atoms with Crippen LogP contribution in [0.1, 0.15) is 23.2 Å². The summed E-state index contributed by atoms with van der Waals surface area (Å²) in [6.07, 6.45) is 0.737. The van der Waals surface area contributed by atoms with E-state index in [2.05, 4.69) is 21.8 Å². The fourth-order valence-electron chi connectivity index (χ4n) is 2.66. The quantitative estimate of drug-likeness (QED) is 0.803. The van der Waals surface area contributed by atoms with Gasteiger partial charge in [-0.3, -0.25) is 9.69 Å². The Morgan fingerprint density at radius 3 is 2.76 bits per heavy atom. The van der Waals surface area contributed by atoms with Crippen LogP contribution in [0, 0.1) is 0 Å². The first kappa shape index (κ1) is 14.2. The van der Waals surface area contributed by atoms with Gasteiger partial charge in [-0.1, -0.05) is 13.0 Å². The Labute approximate surface area is 124 Å². The molecule has 1 fully saturated rings. The zero-order chi connectivity index (χ0) is 14.8. The van der Waals surface area contributed by atoms with Crippen LogP contribution >= 0.6 is 0 Å². The molecule has 0 spiro atoms. The minimum Gasteiger partial charge on any atom is -0.440 e. The van der Waals surface area contributed by atoms with Gasteiger partial charge in [0.15, 0.2) is 17.3 Å². The predicted molar refractivity (Wildman–Crippen MR) is 81.7 cm³/mol. The monoisotopic (exact) mass is 287 g/mol. The Morgan fingerprint density at radius 2 is 2.05 bits per heavy atom. The van der Waals surface area contributed by atoms with Crippen LogP contribution < -0.4 is 0 Å². The Kier molecular flexibility index (Phi) is 4.03. The highest BCUT2D eigenvalue weighted by atomic mass is 16.3. The molecule has 1 aliphatic heterocycles. The van der Waals surface area contributed by atoms with E-state index in [9.17, 15) is 4.79 Å². The highest BCUT2D eigenvalue weighted by molar-refractivity contribution is 6.06. The number of hydrogen-bond donors (Lipinski definition) is 0. The van der Waals surface area contributed by atoms with E-state index in [1.165, 1.54) is 0 Å². The first-order chi connectivity index (χ1) is 10.2. The molecule has 5 heteroatoms. The van der Waals surface area contributed by atoms with Crippen LogP contribution in [0.25, 0.3) is 11.1 Å². The highest BCUT2D eigenvalue weighted by Crippen LogP contribution is 2.21. The molecule has 2 aromatic rings. The number of hydrogen-bond acceptors (Lipinski definition) is 5. The standard InChI is InChI=1S/C16H21N3O2/c1-3-15-17-13-6-4-5-12(16(13)21-15)14(20)11-19-9-7-18(2)8-10-19/h4-6H,3,7-11H2,1-2H3. The Bertz CT molecular complexity index is 642. The van der Waals surface area contributed by atoms with E-state index in [0.717, 1.165) is 38.1 Å². The summed E-state index contributed by atoms with van der Waals surface area (Å²) in [6.45, 7) is 6.36. The van der Waals surface area contributed by atoms with Gasteiger partial charge in [-0.05, 0) is 19.2 Å². The van der Waals surface area contributed by atoms with Crippen LogP contribution in [0.15, 0.2) is 22.6 Å². The summed E-state index contributed by atoms with van der Waals surface area (Å²) < 4.78 is 5.72. The maximum atomic E-state index is 12.6. The lowest BCUT2D eigenvalue weighted by atomic mass is 10.1. The van der Waals surface area contributed by atoms with Crippen molar-refractivity contribution in [1.29, 1.82) is 0 Å². The number of nitrogens with zero attached hydrogens (tertiary/aromatic N) is 3. The number of ketones is 1. The smallest absolute Gasteiger partial charge is 0.195 e. The number of carbonyl (C=O) groups is 1. The molecule has 21 heavy (non-hydrogen) atoms. The molecule has 0 unspecified atom stereocenters. The second-order valence-corrected chi connectivity index (χ2v) is 5.62. The van der Waals surface area contributed by atoms with Gasteiger partial charge in [0.1, 0.15) is 5.52 Å². The van der Waals surface area contributed by atoms with Gasteiger partial charge in [0.05, 0.1) is 12.1 Å². The molecule has 1 aliphatic rings. The molecule has 1 aromatic carbocycles. The molecular formula is C16H21N3O2. The Hall–Kier alpha value is -1.72. The van der Waals surface area contributed by atoms with Crippen molar-refractivity contribution in [3.8, 4) is 0 Å². The number of rotatable bonds is 4. The molecular weight excluding hydrogens is 266 g/mol. The summed E-state index contributed by atoms with van der Waals surface area (Å²) in [5.74, 6) is 0.800. The van der Waals surface area contributed by atoms with Crippen LogP contribution in [0.3, 0.4) is 0 Å². The van der Waals surface area contributed by atoms with Crippen molar-refractivity contribution in [2.75, 3.05) is 39.8 Å². The van der Waals surface area contributed by atoms with Gasteiger partial charge in [0.2, 0.25) is 0 Å². The minimum absolute atomic E-state index is 0.115. The summed E-state index contributed by atoms with van der Waals surface area (Å²) in [4.78, 5) is 21.4. The number of aromatic nitrogens is 1. The third-order valence-corrected chi connectivity index (χ3v) is 4.03. The lowest BCUT2D eigenvalue weighted by Gasteiger charge is -2.31. The number of aryl methyl sites for hydroxylation is 1. The third-order valence-electron chi connectivity index (χ3n) is 4.03. The Morgan fingerprint density at radius 1 is 1.29 bits per heavy atom. The molecule has 0 bridgehead atoms. The van der Waals surface area contributed by atoms with Crippen molar-refractivity contribution >= 4 is 16.9 Å². The number of oxazole rings is 1. The van der Waals surface area contributed by atoms with Gasteiger partial charge in [-0.25, -0.2) is 4.98 Å². The van der Waals surface area contributed by atoms with Gasteiger partial charge < -0.3 is 9.32 Å². The van der Waals surface area contributed by atoms with Crippen molar-refractivity contribution in [2.24, 2.45) is 0 Å². The predicted octanol–water partition coefficient (Wildman–Crippen LogP) is 1.82. The minimum atomic E-state index is 0.115. The van der Waals surface area contributed by atoms with Crippen LogP contribution in [0.4, 0.5) is 0 Å². The molecule has 0 amide bonds. The first-order valence-corrected chi connectivity index (χ1v) is 7.50. The van der Waals surface area contributed by atoms with Crippen LogP contribution in [-0.2, 0) is 6.42 Å². The number of piperazine rings is 1. The number of likely N-dealkylation sites (N-methyl/N-ethyl adjacent to an activating group) is 1. The van der Waals surface area contributed by atoms with Crippen molar-refractivity contribution in [1.82, 2.24) is 14.8 Å². The molecule has 5 nitrogen and oxygen atoms in total. The number of carbonyl (C=O) groups excluding carboxylic acids is 1. The van der Waals surface area contributed by atoms with E-state index in [-0.39, 0.29) is 5.78 Å². The van der Waals surface area contributed by atoms with E-state index in [4.69, 9.17) is 4.42 Å². The van der Waals surface area contributed by atoms with E-state index < -0.39 is 0 Å². The fraction of sp³-hybridized carbons (Fsp3) is 0.500. The Balaban J connectivity index is 1.79. The fourth-order valence-corrected chi connectivity index (χ4v) is 2.66. The molecule has 0 radical (unpaired) electrons. The summed E-state index contributed by atoms with van der Waals surface area (Å²) in [7, 11) is 2.11. The van der Waals surface area contributed by atoms with Gasteiger partial charge in [0, 0.05) is 32.6 Å². The molecule has 2 heterocycles. The molecule has 0 atom stereocenters. The summed E-state index contributed by atoms with van der Waals surface area (Å²) in [5, 5.41) is 0. The van der Waals surface area contributed by atoms with Crippen molar-refractivity contribution in [2.45, 2.75) is 13.3 Å². The van der Waals surface area contributed by atoms with Crippen molar-refractivity contribution in [3.63, 3.8) is 0 Å². The summed E-state index contributed by atoms with van der Waals surface area (Å²) in [6, 6.07) is 5.61. The number of fused-ring (bicyclic) bond motifs is 1. The first-order valence-electron chi connectivity index (χ1n) is 7.50. The molecule has 1 saturated heterocycles. The van der Waals surface area contributed by atoms with Crippen molar-refractivity contribution < 1.29 is 9.21 Å². The lowest BCUT2D eigenvalue weighted by Crippen LogP contribution is -2.46.